The molecule has 0 atom stereocenters. The third-order valence-electron chi connectivity index (χ3n) is 11.9. The van der Waals surface area contributed by atoms with Gasteiger partial charge in [-0.05, 0) is 52.1 Å². The zero-order valence-electron chi connectivity index (χ0n) is 34.0. The van der Waals surface area contributed by atoms with E-state index in [2.05, 4.69) is 170 Å². The zero-order valence-corrected chi connectivity index (χ0v) is 34.0. The molecule has 0 N–H and O–H groups in total. The van der Waals surface area contributed by atoms with Crippen LogP contribution >= 0.6 is 0 Å². The molecule has 0 amide bonds. The van der Waals surface area contributed by atoms with Crippen LogP contribution in [0.1, 0.15) is 0 Å². The number of hydrogen-bond donors (Lipinski definition) is 0. The van der Waals surface area contributed by atoms with Crippen LogP contribution in [0.4, 0.5) is 0 Å². The fraction of sp³-hybridized carbons (Fsp3) is 0. The molecule has 5 heteroatoms. The quantitative estimate of drug-likeness (QED) is 0.150. The van der Waals surface area contributed by atoms with Gasteiger partial charge in [-0.15, -0.1) is 0 Å². The minimum atomic E-state index is 0.615. The first kappa shape index (κ1) is 36.3. The standard InChI is InChI=1S/C58H36N4O/c1-4-15-37(16-5-1)38-27-31-42(32-28-38)57-60-56(41-19-8-3-9-20-41)61-58(62-57)43-33-29-39(30-34-43)44-21-14-22-45(35-44)55-48-36-51-54(47-24-11-13-26-50(47)63-51)52(40-17-6-2-7-18-40)53(48)46-23-10-12-25-49(46)59-55/h1-36H. The van der Waals surface area contributed by atoms with Crippen LogP contribution in [-0.4, -0.2) is 19.9 Å². The molecular formula is C58H36N4O. The lowest BCUT2D eigenvalue weighted by Gasteiger charge is -2.16. The van der Waals surface area contributed by atoms with Gasteiger partial charge in [0.1, 0.15) is 11.2 Å². The van der Waals surface area contributed by atoms with E-state index in [1.54, 1.807) is 0 Å². The van der Waals surface area contributed by atoms with Gasteiger partial charge in [-0.2, -0.15) is 0 Å². The Balaban J connectivity index is 0.964. The Hall–Kier alpha value is -8.54. The number of hydrogen-bond acceptors (Lipinski definition) is 5. The van der Waals surface area contributed by atoms with Crippen LogP contribution in [0.15, 0.2) is 223 Å². The van der Waals surface area contributed by atoms with Gasteiger partial charge >= 0.3 is 0 Å². The van der Waals surface area contributed by atoms with Gasteiger partial charge in [-0.3, -0.25) is 0 Å². The number of fused-ring (bicyclic) bond motifs is 6. The Labute approximate surface area is 363 Å². The summed E-state index contributed by atoms with van der Waals surface area (Å²) in [5, 5.41) is 5.52. The molecule has 12 rings (SSSR count). The third-order valence-corrected chi connectivity index (χ3v) is 11.9. The third kappa shape index (κ3) is 6.51. The van der Waals surface area contributed by atoms with E-state index in [0.29, 0.717) is 17.5 Å². The van der Waals surface area contributed by atoms with Crippen molar-refractivity contribution in [3.63, 3.8) is 0 Å². The summed E-state index contributed by atoms with van der Waals surface area (Å²) in [6, 6.07) is 75.7. The molecule has 0 saturated heterocycles. The van der Waals surface area contributed by atoms with Crippen molar-refractivity contribution in [2.45, 2.75) is 0 Å². The molecule has 12 aromatic rings. The Kier molecular flexibility index (Phi) is 8.75. The predicted octanol–water partition coefficient (Wildman–Crippen LogP) is 15.1. The Morgan fingerprint density at radius 2 is 0.730 bits per heavy atom. The molecule has 0 aliphatic carbocycles. The van der Waals surface area contributed by atoms with Crippen LogP contribution in [-0.2, 0) is 0 Å². The number of nitrogens with zero attached hydrogens (tertiary/aromatic N) is 4. The van der Waals surface area contributed by atoms with Crippen molar-refractivity contribution in [2.75, 3.05) is 0 Å². The van der Waals surface area contributed by atoms with E-state index < -0.39 is 0 Å². The van der Waals surface area contributed by atoms with Crippen molar-refractivity contribution in [3.05, 3.63) is 218 Å². The molecule has 0 aliphatic heterocycles. The van der Waals surface area contributed by atoms with Crippen molar-refractivity contribution < 1.29 is 4.42 Å². The van der Waals surface area contributed by atoms with Gasteiger partial charge in [0.2, 0.25) is 0 Å². The van der Waals surface area contributed by atoms with Crippen molar-refractivity contribution in [1.82, 2.24) is 19.9 Å². The molecule has 0 saturated carbocycles. The van der Waals surface area contributed by atoms with Gasteiger partial charge in [-0.1, -0.05) is 194 Å². The molecule has 294 valence electrons. The van der Waals surface area contributed by atoms with Crippen molar-refractivity contribution in [2.24, 2.45) is 0 Å². The van der Waals surface area contributed by atoms with Crippen LogP contribution < -0.4 is 0 Å². The summed E-state index contributed by atoms with van der Waals surface area (Å²) in [5.41, 5.74) is 14.1. The Morgan fingerprint density at radius 1 is 0.270 bits per heavy atom. The average Bonchev–Trinajstić information content (AvgIpc) is 3.74. The highest BCUT2D eigenvalue weighted by molar-refractivity contribution is 6.27. The molecule has 3 aromatic heterocycles. The lowest BCUT2D eigenvalue weighted by Crippen LogP contribution is -2.00. The molecule has 0 bridgehead atoms. The fourth-order valence-corrected chi connectivity index (χ4v) is 8.88. The topological polar surface area (TPSA) is 64.7 Å². The molecular weight excluding hydrogens is 769 g/mol. The minimum absolute atomic E-state index is 0.615. The Bertz CT molecular complexity index is 3640. The van der Waals surface area contributed by atoms with Gasteiger partial charge in [0.15, 0.2) is 17.5 Å². The van der Waals surface area contributed by atoms with Crippen molar-refractivity contribution in [1.29, 1.82) is 0 Å². The maximum Gasteiger partial charge on any atom is 0.164 e. The molecule has 5 nitrogen and oxygen atoms in total. The molecule has 0 spiro atoms. The largest absolute Gasteiger partial charge is 0.456 e. The number of furan rings is 1. The van der Waals surface area contributed by atoms with Crippen LogP contribution in [0.5, 0.6) is 0 Å². The lowest BCUT2D eigenvalue weighted by atomic mass is 9.89. The highest BCUT2D eigenvalue weighted by Gasteiger charge is 2.22. The summed E-state index contributed by atoms with van der Waals surface area (Å²) >= 11 is 0. The summed E-state index contributed by atoms with van der Waals surface area (Å²) in [6.07, 6.45) is 0. The number of para-hydroxylation sites is 2. The zero-order chi connectivity index (χ0) is 41.7. The summed E-state index contributed by atoms with van der Waals surface area (Å²) < 4.78 is 6.61. The molecule has 0 unspecified atom stereocenters. The molecule has 0 aliphatic rings. The summed E-state index contributed by atoms with van der Waals surface area (Å²) in [4.78, 5) is 20.4. The minimum Gasteiger partial charge on any atom is -0.456 e. The van der Waals surface area contributed by atoms with E-state index in [1.165, 1.54) is 5.56 Å². The summed E-state index contributed by atoms with van der Waals surface area (Å²) in [6.45, 7) is 0. The predicted molar refractivity (Wildman–Crippen MR) is 258 cm³/mol. The molecule has 63 heavy (non-hydrogen) atoms. The highest BCUT2D eigenvalue weighted by Crippen LogP contribution is 2.46. The van der Waals surface area contributed by atoms with Crippen LogP contribution in [0, 0.1) is 0 Å². The van der Waals surface area contributed by atoms with E-state index in [0.717, 1.165) is 99.4 Å². The van der Waals surface area contributed by atoms with E-state index in [4.69, 9.17) is 24.4 Å². The van der Waals surface area contributed by atoms with Crippen LogP contribution in [0.3, 0.4) is 0 Å². The first-order chi connectivity index (χ1) is 31.2. The van der Waals surface area contributed by atoms with Crippen molar-refractivity contribution in [3.8, 4) is 78.8 Å². The second kappa shape index (κ2) is 15.2. The molecule has 9 aromatic carbocycles. The first-order valence-electron chi connectivity index (χ1n) is 21.1. The van der Waals surface area contributed by atoms with E-state index in [1.807, 2.05) is 48.5 Å². The van der Waals surface area contributed by atoms with Gasteiger partial charge < -0.3 is 4.42 Å². The van der Waals surface area contributed by atoms with Gasteiger partial charge in [0.25, 0.3) is 0 Å². The SMILES string of the molecule is c1ccc(-c2ccc(-c3nc(-c4ccccc4)nc(-c4ccc(-c5cccc(-c6nc7ccccc7c7c(-c8ccccc8)c8c(cc67)oc6ccccc68)c5)cc4)n3)cc2)cc1. The fourth-order valence-electron chi connectivity index (χ4n) is 8.88. The summed E-state index contributed by atoms with van der Waals surface area (Å²) in [7, 11) is 0. The Morgan fingerprint density at radius 3 is 1.38 bits per heavy atom. The van der Waals surface area contributed by atoms with Gasteiger partial charge in [-0.25, -0.2) is 19.9 Å². The molecule has 0 fully saturated rings. The van der Waals surface area contributed by atoms with Crippen LogP contribution in [0.25, 0.3) is 122 Å². The average molecular weight is 805 g/mol. The summed E-state index contributed by atoms with van der Waals surface area (Å²) in [5.74, 6) is 1.87. The maximum atomic E-state index is 6.61. The lowest BCUT2D eigenvalue weighted by molar-refractivity contribution is 0.669. The van der Waals surface area contributed by atoms with E-state index in [-0.39, 0.29) is 0 Å². The first-order valence-corrected chi connectivity index (χ1v) is 21.1. The molecule has 3 heterocycles. The van der Waals surface area contributed by atoms with E-state index in [9.17, 15) is 0 Å². The monoisotopic (exact) mass is 804 g/mol. The van der Waals surface area contributed by atoms with Gasteiger partial charge in [0, 0.05) is 54.7 Å². The number of pyridine rings is 1. The van der Waals surface area contributed by atoms with Crippen LogP contribution in [0.2, 0.25) is 0 Å². The number of rotatable bonds is 7. The second-order valence-corrected chi connectivity index (χ2v) is 15.8. The second-order valence-electron chi connectivity index (χ2n) is 15.8. The van der Waals surface area contributed by atoms with Gasteiger partial charge in [0.05, 0.1) is 11.2 Å². The maximum absolute atomic E-state index is 6.61. The smallest absolute Gasteiger partial charge is 0.164 e. The number of aromatic nitrogens is 4. The normalized spacial score (nSPS) is 11.5. The van der Waals surface area contributed by atoms with Crippen molar-refractivity contribution >= 4 is 43.6 Å². The number of benzene rings is 9. The highest BCUT2D eigenvalue weighted by atomic mass is 16.3. The molecule has 0 radical (unpaired) electrons. The van der Waals surface area contributed by atoms with E-state index >= 15 is 0 Å².